The van der Waals surface area contributed by atoms with Gasteiger partial charge in [-0.25, -0.2) is 18.4 Å². The van der Waals surface area contributed by atoms with Crippen LogP contribution in [0.2, 0.25) is 0 Å². The third kappa shape index (κ3) is 4.16. The highest BCUT2D eigenvalue weighted by Crippen LogP contribution is 2.43. The second kappa shape index (κ2) is 9.11. The fourth-order valence-electron chi connectivity index (χ4n) is 5.50. The van der Waals surface area contributed by atoms with Crippen LogP contribution < -0.4 is 20.4 Å². The van der Waals surface area contributed by atoms with Gasteiger partial charge in [0.1, 0.15) is 11.5 Å². The van der Waals surface area contributed by atoms with E-state index in [0.29, 0.717) is 25.9 Å². The minimum atomic E-state index is -1.68. The number of carboxylic acid groups (broad SMARTS) is 1. The number of pyridine rings is 1. The van der Waals surface area contributed by atoms with Gasteiger partial charge in [-0.05, 0) is 31.7 Å². The number of rotatable bonds is 5. The Morgan fingerprint density at radius 1 is 1.22 bits per heavy atom. The summed E-state index contributed by atoms with van der Waals surface area (Å²) in [5.74, 6) is -2.42. The number of carbonyl (C=O) groups is 2. The van der Waals surface area contributed by atoms with E-state index in [1.807, 2.05) is 19.1 Å². The maximum absolute atomic E-state index is 16.1. The SMILES string of the molecule is CCOC(=O)NC1C(C)C=CC2CN(c3c(F)cc4c(=O)c(OC(=O)O)cn(C5CC5)c4c3F)CC21. The molecule has 0 spiro atoms. The van der Waals surface area contributed by atoms with Gasteiger partial charge in [-0.15, -0.1) is 0 Å². The van der Waals surface area contributed by atoms with E-state index < -0.39 is 35.1 Å². The second-order valence-corrected chi connectivity index (χ2v) is 9.61. The van der Waals surface area contributed by atoms with Gasteiger partial charge >= 0.3 is 12.2 Å². The predicted octanol–water partition coefficient (Wildman–Crippen LogP) is 4.04. The van der Waals surface area contributed by atoms with Crippen molar-refractivity contribution in [3.63, 3.8) is 0 Å². The Hall–Kier alpha value is -3.63. The van der Waals surface area contributed by atoms with E-state index >= 15 is 8.78 Å². The second-order valence-electron chi connectivity index (χ2n) is 9.61. The molecule has 11 heteroatoms. The molecule has 4 atom stereocenters. The molecular weight excluding hydrogens is 476 g/mol. The van der Waals surface area contributed by atoms with Crippen LogP contribution in [0, 0.1) is 29.4 Å². The maximum atomic E-state index is 16.1. The Kier molecular flexibility index (Phi) is 6.09. The minimum absolute atomic E-state index is 0.00889. The van der Waals surface area contributed by atoms with Crippen LogP contribution in [0.5, 0.6) is 5.75 Å². The van der Waals surface area contributed by atoms with E-state index in [1.54, 1.807) is 11.8 Å². The minimum Gasteiger partial charge on any atom is -0.450 e. The number of hydrogen-bond donors (Lipinski definition) is 2. The lowest BCUT2D eigenvalue weighted by Gasteiger charge is -2.34. The van der Waals surface area contributed by atoms with Gasteiger partial charge in [-0.3, -0.25) is 4.79 Å². The van der Waals surface area contributed by atoms with E-state index in [0.717, 1.165) is 6.07 Å². The average Bonchev–Trinajstić information content (AvgIpc) is 3.57. The molecule has 0 bridgehead atoms. The zero-order chi connectivity index (χ0) is 25.7. The number of aromatic nitrogens is 1. The normalized spacial score (nSPS) is 25.1. The van der Waals surface area contributed by atoms with Crippen molar-refractivity contribution >= 4 is 28.8 Å². The van der Waals surface area contributed by atoms with E-state index in [9.17, 15) is 14.4 Å². The monoisotopic (exact) mass is 503 g/mol. The number of anilines is 1. The fourth-order valence-corrected chi connectivity index (χ4v) is 5.50. The first-order chi connectivity index (χ1) is 17.2. The van der Waals surface area contributed by atoms with Crippen molar-refractivity contribution in [3.05, 3.63) is 46.3 Å². The number of carbonyl (C=O) groups excluding carboxylic acids is 1. The van der Waals surface area contributed by atoms with Gasteiger partial charge in [-0.2, -0.15) is 0 Å². The molecule has 3 aliphatic rings. The van der Waals surface area contributed by atoms with Crippen molar-refractivity contribution in [1.82, 2.24) is 9.88 Å². The molecule has 2 fully saturated rings. The largest absolute Gasteiger partial charge is 0.511 e. The molecule has 1 saturated heterocycles. The molecular formula is C25H27F2N3O6. The van der Waals surface area contributed by atoms with Crippen molar-refractivity contribution in [1.29, 1.82) is 0 Å². The molecule has 0 radical (unpaired) electrons. The number of hydrogen-bond acceptors (Lipinski definition) is 6. The molecule has 4 unspecified atom stereocenters. The van der Waals surface area contributed by atoms with Crippen LogP contribution >= 0.6 is 0 Å². The lowest BCUT2D eigenvalue weighted by Crippen LogP contribution is -2.48. The van der Waals surface area contributed by atoms with E-state index in [4.69, 9.17) is 9.84 Å². The Bertz CT molecular complexity index is 1320. The molecule has 2 aromatic rings. The molecule has 1 aromatic heterocycles. The molecule has 1 aliphatic heterocycles. The smallest absolute Gasteiger partial charge is 0.450 e. The lowest BCUT2D eigenvalue weighted by atomic mass is 9.77. The molecule has 5 rings (SSSR count). The molecule has 1 saturated carbocycles. The van der Waals surface area contributed by atoms with Crippen LogP contribution in [0.4, 0.5) is 24.1 Å². The highest BCUT2D eigenvalue weighted by molar-refractivity contribution is 5.86. The van der Waals surface area contributed by atoms with Crippen LogP contribution in [0.15, 0.2) is 29.2 Å². The van der Waals surface area contributed by atoms with Gasteiger partial charge in [0, 0.05) is 37.0 Å². The standard InChI is InChI=1S/C25H27F2N3O6/c1-3-35-24(32)28-20-12(2)4-5-13-9-29(10-16(13)20)22-17(26)8-15-21(19(22)27)30(14-6-7-14)11-18(23(15)31)36-25(33)34/h4-5,8,11-14,16,20H,3,6-7,9-10H2,1-2H3,(H,28,32)(H,33,34). The number of benzene rings is 1. The predicted molar refractivity (Wildman–Crippen MR) is 126 cm³/mol. The summed E-state index contributed by atoms with van der Waals surface area (Å²) >= 11 is 0. The fraction of sp³-hybridized carbons (Fsp3) is 0.480. The van der Waals surface area contributed by atoms with Crippen LogP contribution in [0.1, 0.15) is 32.7 Å². The Balaban J connectivity index is 1.55. The Labute approximate surface area is 205 Å². The molecule has 1 amide bonds. The third-order valence-corrected chi connectivity index (χ3v) is 7.27. The van der Waals surface area contributed by atoms with Crippen LogP contribution in [-0.2, 0) is 4.74 Å². The van der Waals surface area contributed by atoms with Crippen molar-refractivity contribution < 1.29 is 33.0 Å². The molecule has 2 heterocycles. The highest BCUT2D eigenvalue weighted by atomic mass is 19.1. The summed E-state index contributed by atoms with van der Waals surface area (Å²) in [6.07, 6.45) is 4.42. The van der Waals surface area contributed by atoms with Crippen LogP contribution in [-0.4, -0.2) is 47.7 Å². The van der Waals surface area contributed by atoms with Crippen molar-refractivity contribution in [2.45, 2.75) is 38.8 Å². The summed E-state index contributed by atoms with van der Waals surface area (Å²) in [4.78, 5) is 37.6. The number of fused-ring (bicyclic) bond motifs is 2. The first kappa shape index (κ1) is 24.1. The first-order valence-corrected chi connectivity index (χ1v) is 12.0. The van der Waals surface area contributed by atoms with Gasteiger partial charge < -0.3 is 29.4 Å². The lowest BCUT2D eigenvalue weighted by molar-refractivity contribution is 0.137. The first-order valence-electron chi connectivity index (χ1n) is 12.0. The van der Waals surface area contributed by atoms with Gasteiger partial charge in [-0.1, -0.05) is 19.1 Å². The Morgan fingerprint density at radius 3 is 2.64 bits per heavy atom. The van der Waals surface area contributed by atoms with E-state index in [1.165, 1.54) is 10.8 Å². The van der Waals surface area contributed by atoms with Gasteiger partial charge in [0.25, 0.3) is 0 Å². The van der Waals surface area contributed by atoms with E-state index in [2.05, 4.69) is 10.1 Å². The maximum Gasteiger partial charge on any atom is 0.511 e. The quantitative estimate of drug-likeness (QED) is 0.468. The van der Waals surface area contributed by atoms with Gasteiger partial charge in [0.2, 0.25) is 5.43 Å². The van der Waals surface area contributed by atoms with Crippen LogP contribution in [0.3, 0.4) is 0 Å². The molecule has 1 aromatic carbocycles. The van der Waals surface area contributed by atoms with Crippen LogP contribution in [0.25, 0.3) is 10.9 Å². The zero-order valence-corrected chi connectivity index (χ0v) is 19.9. The van der Waals surface area contributed by atoms with Gasteiger partial charge in [0.05, 0.1) is 23.7 Å². The summed E-state index contributed by atoms with van der Waals surface area (Å²) < 4.78 is 42.6. The zero-order valence-electron chi connectivity index (χ0n) is 19.9. The summed E-state index contributed by atoms with van der Waals surface area (Å²) in [5.41, 5.74) is -1.20. The molecule has 192 valence electrons. The average molecular weight is 504 g/mol. The third-order valence-electron chi connectivity index (χ3n) is 7.27. The van der Waals surface area contributed by atoms with Gasteiger partial charge in [0.15, 0.2) is 11.6 Å². The van der Waals surface area contributed by atoms with Crippen molar-refractivity contribution in [2.75, 3.05) is 24.6 Å². The highest BCUT2D eigenvalue weighted by Gasteiger charge is 2.43. The Morgan fingerprint density at radius 2 is 1.97 bits per heavy atom. The summed E-state index contributed by atoms with van der Waals surface area (Å²) in [6, 6.07) is 0.550. The number of amides is 1. The number of ether oxygens (including phenoxy) is 2. The number of alkyl carbamates (subject to hydrolysis) is 1. The molecule has 36 heavy (non-hydrogen) atoms. The number of halogens is 2. The summed E-state index contributed by atoms with van der Waals surface area (Å²) in [6.45, 7) is 4.55. The van der Waals surface area contributed by atoms with Crippen molar-refractivity contribution in [2.24, 2.45) is 17.8 Å². The molecule has 2 aliphatic carbocycles. The topological polar surface area (TPSA) is 110 Å². The summed E-state index contributed by atoms with van der Waals surface area (Å²) in [5, 5.41) is 11.6. The van der Waals surface area contributed by atoms with Crippen molar-refractivity contribution in [3.8, 4) is 5.75 Å². The van der Waals surface area contributed by atoms with E-state index in [-0.39, 0.29) is 53.0 Å². The summed E-state index contributed by atoms with van der Waals surface area (Å²) in [7, 11) is 0. The number of nitrogens with zero attached hydrogens (tertiary/aromatic N) is 2. The molecule has 9 nitrogen and oxygen atoms in total. The molecule has 2 N–H and O–H groups in total. The number of nitrogens with one attached hydrogen (secondary N) is 1.